The minimum Gasteiger partial charge on any atom is -0.496 e. The van der Waals surface area contributed by atoms with Gasteiger partial charge in [-0.05, 0) is 83.6 Å². The highest BCUT2D eigenvalue weighted by molar-refractivity contribution is 7.90. The number of nitrogens with one attached hydrogen (secondary N) is 3. The number of benzene rings is 1. The number of thiazole rings is 1. The van der Waals surface area contributed by atoms with Gasteiger partial charge in [0, 0.05) is 24.4 Å². The number of nitrogens with zero attached hydrogens (tertiary/aromatic N) is 2. The van der Waals surface area contributed by atoms with Crippen LogP contribution in [0.1, 0.15) is 67.8 Å². The molecular formula is C29H46N6O9S3. The lowest BCUT2D eigenvalue weighted by molar-refractivity contribution is -0.125. The van der Waals surface area contributed by atoms with E-state index in [1.165, 1.54) is 24.6 Å². The number of alkyl carbamates (subject to hydrolysis) is 1. The second-order valence-electron chi connectivity index (χ2n) is 12.0. The first-order valence-corrected chi connectivity index (χ1v) is 19.1. The molecule has 0 saturated heterocycles. The fourth-order valence-electron chi connectivity index (χ4n) is 4.57. The Labute approximate surface area is 280 Å². The molecule has 18 heteroatoms. The number of carbonyl (C=O) groups is 2. The Morgan fingerprint density at radius 3 is 2.32 bits per heavy atom. The smallest absolute Gasteiger partial charge is 0.408 e. The summed E-state index contributed by atoms with van der Waals surface area (Å²) < 4.78 is 62.9. The summed E-state index contributed by atoms with van der Waals surface area (Å²) in [6, 6.07) is -0.598. The molecule has 0 aliphatic heterocycles. The zero-order chi connectivity index (χ0) is 35.7. The van der Waals surface area contributed by atoms with Crippen molar-refractivity contribution in [2.75, 3.05) is 25.7 Å². The zero-order valence-electron chi connectivity index (χ0n) is 27.9. The standard InChI is InChI=1S/C29H46N6O9S3/c1-17-16-22(43-7)18(2)19(3)24(17)47(41,42)35-27(30)32-12-9-10-20(23(36)26-31-13-14-45-26)33-25(37)21(11-15-46(8,39)40)34-28(38)44-29(4,5)6/h13-14,16,20-21,23,36H,9-12,15H2,1-8H3,(H,33,37)(H,34,38)(H3,30,32,35)/t20-,21-,23?/m0/s1. The molecule has 1 unspecified atom stereocenters. The number of aryl methyl sites for hydroxylation is 1. The Bertz CT molecular complexity index is 1640. The van der Waals surface area contributed by atoms with Crippen LogP contribution in [0.4, 0.5) is 4.79 Å². The second-order valence-corrected chi connectivity index (χ2v) is 16.8. The second kappa shape index (κ2) is 16.6. The number of aliphatic imine (C=N–C) groups is 1. The predicted molar refractivity (Wildman–Crippen MR) is 180 cm³/mol. The molecule has 0 aliphatic carbocycles. The highest BCUT2D eigenvalue weighted by Crippen LogP contribution is 2.30. The van der Waals surface area contributed by atoms with E-state index in [9.17, 15) is 31.5 Å². The molecular weight excluding hydrogens is 673 g/mol. The molecule has 2 rings (SSSR count). The molecule has 0 aliphatic rings. The number of ether oxygens (including phenoxy) is 2. The maximum Gasteiger partial charge on any atom is 0.408 e. The number of aliphatic hydroxyl groups is 1. The van der Waals surface area contributed by atoms with E-state index in [1.54, 1.807) is 53.0 Å². The van der Waals surface area contributed by atoms with E-state index in [4.69, 9.17) is 15.2 Å². The van der Waals surface area contributed by atoms with Crippen molar-refractivity contribution in [3.63, 3.8) is 0 Å². The van der Waals surface area contributed by atoms with Crippen molar-refractivity contribution in [2.24, 2.45) is 10.7 Å². The number of aliphatic hydroxyl groups excluding tert-OH is 1. The summed E-state index contributed by atoms with van der Waals surface area (Å²) in [4.78, 5) is 34.1. The summed E-state index contributed by atoms with van der Waals surface area (Å²) in [6.07, 6.45) is 0.478. The molecule has 0 fully saturated rings. The van der Waals surface area contributed by atoms with E-state index < -0.39 is 55.6 Å². The van der Waals surface area contributed by atoms with Gasteiger partial charge in [0.15, 0.2) is 0 Å². The Morgan fingerprint density at radius 1 is 1.11 bits per heavy atom. The maximum absolute atomic E-state index is 13.4. The van der Waals surface area contributed by atoms with E-state index in [2.05, 4.69) is 25.3 Å². The molecule has 1 heterocycles. The first-order chi connectivity index (χ1) is 21.6. The largest absolute Gasteiger partial charge is 0.496 e. The van der Waals surface area contributed by atoms with Gasteiger partial charge in [0.2, 0.25) is 11.9 Å². The van der Waals surface area contributed by atoms with Gasteiger partial charge in [-0.1, -0.05) is 0 Å². The molecule has 15 nitrogen and oxygen atoms in total. The highest BCUT2D eigenvalue weighted by Gasteiger charge is 2.30. The first-order valence-electron chi connectivity index (χ1n) is 14.7. The number of methoxy groups -OCH3 is 1. The fourth-order valence-corrected chi connectivity index (χ4v) is 7.41. The van der Waals surface area contributed by atoms with Gasteiger partial charge in [-0.25, -0.2) is 31.3 Å². The number of aromatic nitrogens is 1. The number of guanidine groups is 1. The molecule has 0 spiro atoms. The van der Waals surface area contributed by atoms with Gasteiger partial charge in [0.05, 0.1) is 23.8 Å². The Morgan fingerprint density at radius 2 is 1.77 bits per heavy atom. The van der Waals surface area contributed by atoms with Crippen molar-refractivity contribution in [3.8, 4) is 5.75 Å². The third-order valence-corrected chi connectivity index (χ3v) is 10.3. The normalized spacial score (nSPS) is 14.5. The molecule has 0 bridgehead atoms. The molecule has 6 N–H and O–H groups in total. The van der Waals surface area contributed by atoms with Gasteiger partial charge < -0.3 is 30.9 Å². The predicted octanol–water partition coefficient (Wildman–Crippen LogP) is 2.00. The van der Waals surface area contributed by atoms with Crippen LogP contribution in [-0.2, 0) is 29.4 Å². The first kappa shape index (κ1) is 39.7. The third-order valence-electron chi connectivity index (χ3n) is 6.86. The monoisotopic (exact) mass is 718 g/mol. The number of hydrogen-bond acceptors (Lipinski definition) is 12. The van der Waals surface area contributed by atoms with E-state index in [0.717, 1.165) is 6.26 Å². The summed E-state index contributed by atoms with van der Waals surface area (Å²) in [5.41, 5.74) is 6.71. The van der Waals surface area contributed by atoms with Gasteiger partial charge in [0.25, 0.3) is 10.0 Å². The summed E-state index contributed by atoms with van der Waals surface area (Å²) in [6.45, 7) is 10.0. The molecule has 1 aromatic carbocycles. The van der Waals surface area contributed by atoms with Gasteiger partial charge in [0.1, 0.15) is 38.3 Å². The van der Waals surface area contributed by atoms with Crippen LogP contribution in [-0.4, -0.2) is 88.2 Å². The molecule has 2 amide bonds. The lowest BCUT2D eigenvalue weighted by Gasteiger charge is -2.27. The van der Waals surface area contributed by atoms with Crippen molar-refractivity contribution in [3.05, 3.63) is 39.3 Å². The number of sulfonamides is 1. The third kappa shape index (κ3) is 12.6. The molecule has 0 saturated carbocycles. The zero-order valence-corrected chi connectivity index (χ0v) is 30.4. The molecule has 2 aromatic rings. The number of amides is 2. The van der Waals surface area contributed by atoms with Gasteiger partial charge in [-0.15, -0.1) is 11.3 Å². The van der Waals surface area contributed by atoms with Crippen LogP contribution in [0.3, 0.4) is 0 Å². The van der Waals surface area contributed by atoms with Crippen molar-refractivity contribution >= 4 is 49.2 Å². The van der Waals surface area contributed by atoms with Crippen molar-refractivity contribution < 1.29 is 41.0 Å². The van der Waals surface area contributed by atoms with Crippen molar-refractivity contribution in [1.29, 1.82) is 0 Å². The van der Waals surface area contributed by atoms with Crippen LogP contribution < -0.4 is 25.8 Å². The van der Waals surface area contributed by atoms with E-state index >= 15 is 0 Å². The summed E-state index contributed by atoms with van der Waals surface area (Å²) in [5.74, 6) is -0.916. The van der Waals surface area contributed by atoms with Crippen LogP contribution in [0.15, 0.2) is 27.5 Å². The van der Waals surface area contributed by atoms with E-state index in [-0.39, 0.29) is 42.4 Å². The topological polar surface area (TPSA) is 228 Å². The van der Waals surface area contributed by atoms with Crippen LogP contribution in [0.2, 0.25) is 0 Å². The summed E-state index contributed by atoms with van der Waals surface area (Å²) in [5, 5.41) is 18.1. The van der Waals surface area contributed by atoms with Crippen LogP contribution >= 0.6 is 11.3 Å². The van der Waals surface area contributed by atoms with Crippen molar-refractivity contribution in [1.82, 2.24) is 20.3 Å². The minimum absolute atomic E-state index is 0.0264. The quantitative estimate of drug-likeness (QED) is 0.102. The SMILES string of the molecule is COc1cc(C)c(S(=O)(=O)NC(N)=NCCC[C@H](NC(=O)[C@H](CCS(C)(=O)=O)NC(=O)OC(C)(C)C)C(O)c2nccs2)c(C)c1C. The fraction of sp³-hybridized carbons (Fsp3) is 0.586. The molecule has 264 valence electrons. The van der Waals surface area contributed by atoms with Gasteiger partial charge in [-0.2, -0.15) is 0 Å². The van der Waals surface area contributed by atoms with Crippen molar-refractivity contribution in [2.45, 2.75) is 89.5 Å². The number of carbonyl (C=O) groups excluding carboxylic acids is 2. The van der Waals surface area contributed by atoms with Crippen LogP contribution in [0, 0.1) is 20.8 Å². The minimum atomic E-state index is -4.08. The highest BCUT2D eigenvalue weighted by atomic mass is 32.2. The average molecular weight is 719 g/mol. The summed E-state index contributed by atoms with van der Waals surface area (Å²) >= 11 is 1.17. The number of hydrogen-bond donors (Lipinski definition) is 5. The Kier molecular flexibility index (Phi) is 14.0. The summed E-state index contributed by atoms with van der Waals surface area (Å²) in [7, 11) is -6.06. The number of rotatable bonds is 15. The van der Waals surface area contributed by atoms with E-state index in [0.29, 0.717) is 27.4 Å². The number of nitrogens with two attached hydrogens (primary N) is 1. The average Bonchev–Trinajstić information content (AvgIpc) is 3.47. The number of sulfone groups is 1. The Balaban J connectivity index is 2.19. The van der Waals surface area contributed by atoms with Gasteiger partial charge in [-0.3, -0.25) is 9.79 Å². The molecule has 3 atom stereocenters. The molecule has 47 heavy (non-hydrogen) atoms. The van der Waals surface area contributed by atoms with Crippen LogP contribution in [0.5, 0.6) is 5.75 Å². The lowest BCUT2D eigenvalue weighted by Crippen LogP contribution is -2.52. The molecule has 1 aromatic heterocycles. The van der Waals surface area contributed by atoms with Gasteiger partial charge >= 0.3 is 6.09 Å². The lowest BCUT2D eigenvalue weighted by atomic mass is 10.0. The van der Waals surface area contributed by atoms with E-state index in [1.807, 2.05) is 0 Å². The Hall–Kier alpha value is -3.48. The molecule has 0 radical (unpaired) electrons. The maximum atomic E-state index is 13.4. The van der Waals surface area contributed by atoms with Crippen LogP contribution in [0.25, 0.3) is 0 Å².